The van der Waals surface area contributed by atoms with Crippen LogP contribution in [0.15, 0.2) is 61.1 Å². The van der Waals surface area contributed by atoms with Gasteiger partial charge >= 0.3 is 6.18 Å². The maximum Gasteiger partial charge on any atom is 0.416 e. The van der Waals surface area contributed by atoms with Gasteiger partial charge in [-0.3, -0.25) is 9.48 Å². The van der Waals surface area contributed by atoms with Gasteiger partial charge in [-0.05, 0) is 55.7 Å². The number of amides is 1. The molecule has 2 aromatic carbocycles. The Labute approximate surface area is 211 Å². The Morgan fingerprint density at radius 2 is 1.89 bits per heavy atom. The fourth-order valence-corrected chi connectivity index (χ4v) is 3.79. The Kier molecular flexibility index (Phi) is 6.28. The highest BCUT2D eigenvalue weighted by molar-refractivity contribution is 6.04. The van der Waals surface area contributed by atoms with Gasteiger partial charge in [0.2, 0.25) is 0 Å². The van der Waals surface area contributed by atoms with Crippen LogP contribution in [-0.4, -0.2) is 31.7 Å². The van der Waals surface area contributed by atoms with Gasteiger partial charge in [0.15, 0.2) is 5.82 Å². The van der Waals surface area contributed by atoms with Crippen molar-refractivity contribution in [1.29, 1.82) is 0 Å². The average molecular weight is 508 g/mol. The Balaban J connectivity index is 1.37. The summed E-state index contributed by atoms with van der Waals surface area (Å²) >= 11 is 0. The number of carbonyl (C=O) groups is 1. The van der Waals surface area contributed by atoms with Gasteiger partial charge in [0, 0.05) is 42.3 Å². The molecule has 11 heteroatoms. The second-order valence-corrected chi connectivity index (χ2v) is 8.96. The van der Waals surface area contributed by atoms with Crippen molar-refractivity contribution in [3.8, 4) is 11.3 Å². The summed E-state index contributed by atoms with van der Waals surface area (Å²) in [5.74, 6) is 0.664. The number of rotatable bonds is 7. The SMILES string of the molecule is Cc1ccc(NC(=O)c2cccc(C(F)(F)F)c2)cc1Nc1nn(C)cc1-c1cc(NC2CC2)ncn1. The van der Waals surface area contributed by atoms with E-state index in [2.05, 4.69) is 31.0 Å². The van der Waals surface area contributed by atoms with Crippen LogP contribution < -0.4 is 16.0 Å². The van der Waals surface area contributed by atoms with Crippen molar-refractivity contribution in [3.63, 3.8) is 0 Å². The highest BCUT2D eigenvalue weighted by Crippen LogP contribution is 2.33. The Hall–Kier alpha value is -4.41. The summed E-state index contributed by atoms with van der Waals surface area (Å²) in [6.07, 6.45) is 1.07. The normalized spacial score (nSPS) is 13.3. The monoisotopic (exact) mass is 507 g/mol. The van der Waals surface area contributed by atoms with Crippen LogP contribution in [0, 0.1) is 6.92 Å². The zero-order valence-corrected chi connectivity index (χ0v) is 20.1. The molecule has 1 aliphatic rings. The van der Waals surface area contributed by atoms with E-state index in [1.54, 1.807) is 29.9 Å². The number of carbonyl (C=O) groups excluding carboxylic acids is 1. The van der Waals surface area contributed by atoms with E-state index in [0.29, 0.717) is 28.9 Å². The van der Waals surface area contributed by atoms with Crippen molar-refractivity contribution in [2.75, 3.05) is 16.0 Å². The minimum atomic E-state index is -4.53. The highest BCUT2D eigenvalue weighted by Gasteiger charge is 2.31. The number of alkyl halides is 3. The van der Waals surface area contributed by atoms with Crippen LogP contribution >= 0.6 is 0 Å². The van der Waals surface area contributed by atoms with E-state index in [-0.39, 0.29) is 5.56 Å². The molecule has 3 N–H and O–H groups in total. The Morgan fingerprint density at radius 1 is 1.08 bits per heavy atom. The molecule has 2 heterocycles. The summed E-state index contributed by atoms with van der Waals surface area (Å²) in [7, 11) is 1.80. The molecule has 0 radical (unpaired) electrons. The second kappa shape index (κ2) is 9.57. The van der Waals surface area contributed by atoms with E-state index < -0.39 is 17.6 Å². The molecular weight excluding hydrogens is 483 g/mol. The molecule has 8 nitrogen and oxygen atoms in total. The standard InChI is InChI=1S/C26H24F3N7O/c1-15-6-7-19(33-25(37)16-4-3-5-17(10-16)26(27,28)29)11-21(15)34-24-20(13-36(2)35-24)22-12-23(31-14-30-22)32-18-8-9-18/h3-7,10-14,18H,8-9H2,1-2H3,(H,33,37)(H,34,35)(H,30,31,32). The number of hydrogen-bond donors (Lipinski definition) is 3. The van der Waals surface area contributed by atoms with Gasteiger partial charge in [0.05, 0.1) is 16.8 Å². The molecule has 5 rings (SSSR count). The van der Waals surface area contributed by atoms with Crippen molar-refractivity contribution in [2.45, 2.75) is 32.0 Å². The van der Waals surface area contributed by atoms with Crippen LogP contribution in [0.2, 0.25) is 0 Å². The van der Waals surface area contributed by atoms with Gasteiger partial charge < -0.3 is 16.0 Å². The Morgan fingerprint density at radius 3 is 2.65 bits per heavy atom. The molecule has 0 bridgehead atoms. The van der Waals surface area contributed by atoms with Gasteiger partial charge in [0.1, 0.15) is 12.1 Å². The largest absolute Gasteiger partial charge is 0.416 e. The highest BCUT2D eigenvalue weighted by atomic mass is 19.4. The molecule has 37 heavy (non-hydrogen) atoms. The van der Waals surface area contributed by atoms with E-state index in [1.165, 1.54) is 18.5 Å². The lowest BCUT2D eigenvalue weighted by Crippen LogP contribution is -2.14. The van der Waals surface area contributed by atoms with Gasteiger partial charge in [0.25, 0.3) is 5.91 Å². The van der Waals surface area contributed by atoms with Gasteiger partial charge in [-0.1, -0.05) is 12.1 Å². The summed E-state index contributed by atoms with van der Waals surface area (Å²) in [5.41, 5.74) is 2.47. The lowest BCUT2D eigenvalue weighted by atomic mass is 10.1. The van der Waals surface area contributed by atoms with Crippen molar-refractivity contribution >= 4 is 28.9 Å². The minimum Gasteiger partial charge on any atom is -0.367 e. The summed E-state index contributed by atoms with van der Waals surface area (Å²) in [6.45, 7) is 1.89. The van der Waals surface area contributed by atoms with E-state index in [0.717, 1.165) is 41.9 Å². The van der Waals surface area contributed by atoms with Crippen molar-refractivity contribution in [3.05, 3.63) is 77.7 Å². The molecule has 1 fully saturated rings. The maximum atomic E-state index is 13.0. The number of nitrogens with one attached hydrogen (secondary N) is 3. The first kappa shape index (κ1) is 24.3. The van der Waals surface area contributed by atoms with Gasteiger partial charge in [-0.2, -0.15) is 18.3 Å². The fraction of sp³-hybridized carbons (Fsp3) is 0.231. The lowest BCUT2D eigenvalue weighted by molar-refractivity contribution is -0.137. The van der Waals surface area contributed by atoms with E-state index in [9.17, 15) is 18.0 Å². The molecule has 0 saturated heterocycles. The molecule has 0 atom stereocenters. The van der Waals surface area contributed by atoms with Crippen LogP contribution in [0.4, 0.5) is 36.2 Å². The van der Waals surface area contributed by atoms with Crippen molar-refractivity contribution in [2.24, 2.45) is 7.05 Å². The van der Waals surface area contributed by atoms with E-state index in [1.807, 2.05) is 19.2 Å². The number of aromatic nitrogens is 4. The third-order valence-corrected chi connectivity index (χ3v) is 5.90. The van der Waals surface area contributed by atoms with Crippen molar-refractivity contribution in [1.82, 2.24) is 19.7 Å². The fourth-order valence-electron chi connectivity index (χ4n) is 3.79. The van der Waals surface area contributed by atoms with Gasteiger partial charge in [-0.15, -0.1) is 0 Å². The number of benzene rings is 2. The minimum absolute atomic E-state index is 0.0868. The first-order valence-corrected chi connectivity index (χ1v) is 11.6. The Bertz CT molecular complexity index is 1460. The molecule has 0 unspecified atom stereocenters. The summed E-state index contributed by atoms with van der Waals surface area (Å²) < 4.78 is 40.8. The lowest BCUT2D eigenvalue weighted by Gasteiger charge is -2.13. The zero-order chi connectivity index (χ0) is 26.2. The van der Waals surface area contributed by atoms with Crippen LogP contribution in [0.25, 0.3) is 11.3 Å². The van der Waals surface area contributed by atoms with E-state index >= 15 is 0 Å². The van der Waals surface area contributed by atoms with Gasteiger partial charge in [-0.25, -0.2) is 9.97 Å². The molecule has 2 aromatic heterocycles. The first-order valence-electron chi connectivity index (χ1n) is 11.6. The average Bonchev–Trinajstić information content (AvgIpc) is 3.60. The zero-order valence-electron chi connectivity index (χ0n) is 20.1. The molecule has 190 valence electrons. The second-order valence-electron chi connectivity index (χ2n) is 8.96. The molecule has 1 amide bonds. The molecule has 0 spiro atoms. The van der Waals surface area contributed by atoms with Crippen LogP contribution in [-0.2, 0) is 13.2 Å². The molecular formula is C26H24F3N7O. The third kappa shape index (κ3) is 5.71. The topological polar surface area (TPSA) is 96.8 Å². The predicted molar refractivity (Wildman–Crippen MR) is 135 cm³/mol. The summed E-state index contributed by atoms with van der Waals surface area (Å²) in [5, 5.41) is 13.9. The number of nitrogens with zero attached hydrogens (tertiary/aromatic N) is 4. The first-order chi connectivity index (χ1) is 17.7. The van der Waals surface area contributed by atoms with E-state index in [4.69, 9.17) is 0 Å². The number of hydrogen-bond acceptors (Lipinski definition) is 6. The summed E-state index contributed by atoms with van der Waals surface area (Å²) in [4.78, 5) is 21.4. The maximum absolute atomic E-state index is 13.0. The number of halogens is 3. The summed E-state index contributed by atoms with van der Waals surface area (Å²) in [6, 6.07) is 11.8. The molecule has 4 aromatic rings. The number of aryl methyl sites for hydroxylation is 2. The smallest absolute Gasteiger partial charge is 0.367 e. The van der Waals surface area contributed by atoms with Crippen LogP contribution in [0.5, 0.6) is 0 Å². The molecule has 0 aliphatic heterocycles. The van der Waals surface area contributed by atoms with Crippen LogP contribution in [0.3, 0.4) is 0 Å². The molecule has 1 saturated carbocycles. The molecule has 1 aliphatic carbocycles. The third-order valence-electron chi connectivity index (χ3n) is 5.90. The van der Waals surface area contributed by atoms with Crippen molar-refractivity contribution < 1.29 is 18.0 Å². The predicted octanol–water partition coefficient (Wildman–Crippen LogP) is 5.77. The quantitative estimate of drug-likeness (QED) is 0.294. The number of anilines is 4. The van der Waals surface area contributed by atoms with Crippen LogP contribution in [0.1, 0.15) is 34.3 Å².